The smallest absolute Gasteiger partial charge is 0.379 e. The van der Waals surface area contributed by atoms with Crippen molar-refractivity contribution in [3.63, 3.8) is 0 Å². The molecule has 4 rings (SSSR count). The molecule has 0 amide bonds. The van der Waals surface area contributed by atoms with E-state index in [1.54, 1.807) is 43.5 Å². The van der Waals surface area contributed by atoms with Crippen molar-refractivity contribution in [1.29, 1.82) is 0 Å². The number of methoxy groups -OCH3 is 2. The van der Waals surface area contributed by atoms with Gasteiger partial charge in [-0.3, -0.25) is 4.79 Å². The predicted molar refractivity (Wildman–Crippen MR) is 103 cm³/mol. The molecule has 0 unspecified atom stereocenters. The van der Waals surface area contributed by atoms with Gasteiger partial charge in [0.25, 0.3) is 0 Å². The van der Waals surface area contributed by atoms with Crippen molar-refractivity contribution in [3.05, 3.63) is 77.4 Å². The summed E-state index contributed by atoms with van der Waals surface area (Å²) in [6.07, 6.45) is 2.96. The van der Waals surface area contributed by atoms with Crippen molar-refractivity contribution in [2.24, 2.45) is 0 Å². The van der Waals surface area contributed by atoms with Crippen LogP contribution in [0.2, 0.25) is 0 Å². The van der Waals surface area contributed by atoms with Gasteiger partial charge >= 0.3 is 5.97 Å². The number of fused-ring (bicyclic) bond motifs is 1. The topological polar surface area (TPSA) is 84.2 Å². The summed E-state index contributed by atoms with van der Waals surface area (Å²) < 4.78 is 26.5. The van der Waals surface area contributed by atoms with E-state index in [-0.39, 0.29) is 23.1 Å². The van der Waals surface area contributed by atoms with Crippen LogP contribution in [0.3, 0.4) is 0 Å². The third kappa shape index (κ3) is 3.58. The molecule has 7 nitrogen and oxygen atoms in total. The zero-order chi connectivity index (χ0) is 20.4. The highest BCUT2D eigenvalue weighted by Gasteiger charge is 2.28. The average Bonchev–Trinajstić information content (AvgIpc) is 3.37. The van der Waals surface area contributed by atoms with Gasteiger partial charge in [-0.25, -0.2) is 4.79 Å². The minimum absolute atomic E-state index is 0.0770. The molecule has 0 N–H and O–H groups in total. The van der Waals surface area contributed by atoms with Crippen molar-refractivity contribution < 1.29 is 33.0 Å². The number of rotatable bonds is 5. The van der Waals surface area contributed by atoms with Crippen LogP contribution in [-0.4, -0.2) is 26.0 Å². The maximum Gasteiger partial charge on any atom is 0.379 e. The van der Waals surface area contributed by atoms with Gasteiger partial charge in [0.15, 0.2) is 5.76 Å². The first kappa shape index (κ1) is 18.4. The summed E-state index contributed by atoms with van der Waals surface area (Å²) in [6, 6.07) is 12.9. The highest BCUT2D eigenvalue weighted by atomic mass is 16.5. The first-order valence-electron chi connectivity index (χ1n) is 8.65. The molecule has 1 aromatic heterocycles. The van der Waals surface area contributed by atoms with Crippen molar-refractivity contribution in [1.82, 2.24) is 0 Å². The minimum Gasteiger partial charge on any atom is -0.497 e. The zero-order valence-corrected chi connectivity index (χ0v) is 15.6. The van der Waals surface area contributed by atoms with E-state index in [2.05, 4.69) is 0 Å². The maximum absolute atomic E-state index is 12.7. The summed E-state index contributed by atoms with van der Waals surface area (Å²) in [5, 5.41) is 0. The summed E-state index contributed by atoms with van der Waals surface area (Å²) in [7, 11) is 3.09. The van der Waals surface area contributed by atoms with Crippen LogP contribution in [0.15, 0.2) is 65.0 Å². The second-order valence-electron chi connectivity index (χ2n) is 6.07. The van der Waals surface area contributed by atoms with Gasteiger partial charge < -0.3 is 23.4 Å². The Morgan fingerprint density at radius 3 is 2.55 bits per heavy atom. The van der Waals surface area contributed by atoms with E-state index in [1.807, 2.05) is 0 Å². The van der Waals surface area contributed by atoms with Crippen LogP contribution in [-0.2, 0) is 0 Å². The van der Waals surface area contributed by atoms with Crippen molar-refractivity contribution in [3.8, 4) is 23.0 Å². The van der Waals surface area contributed by atoms with Gasteiger partial charge in [-0.15, -0.1) is 0 Å². The third-order valence-electron chi connectivity index (χ3n) is 4.30. The fraction of sp³-hybridized carbons (Fsp3) is 0.0909. The number of carbonyl (C=O) groups excluding carboxylic acids is 2. The van der Waals surface area contributed by atoms with Crippen LogP contribution in [0.5, 0.6) is 23.0 Å². The number of furan rings is 1. The Kier molecular flexibility index (Phi) is 4.78. The normalized spacial score (nSPS) is 13.7. The number of allylic oxidation sites excluding steroid dienone is 1. The fourth-order valence-electron chi connectivity index (χ4n) is 2.88. The van der Waals surface area contributed by atoms with Gasteiger partial charge in [-0.2, -0.15) is 0 Å². The minimum atomic E-state index is -0.642. The molecule has 146 valence electrons. The second kappa shape index (κ2) is 7.55. The van der Waals surface area contributed by atoms with Crippen LogP contribution in [0.25, 0.3) is 6.08 Å². The SMILES string of the molecule is COc1ccc(OC)c(/C=C2\Oc3cc(OC(=O)c4ccco4)ccc3C2=O)c1. The van der Waals surface area contributed by atoms with Crippen LogP contribution >= 0.6 is 0 Å². The average molecular weight is 392 g/mol. The maximum atomic E-state index is 12.7. The van der Waals surface area contributed by atoms with Crippen molar-refractivity contribution >= 4 is 17.8 Å². The molecule has 0 atom stereocenters. The lowest BCUT2D eigenvalue weighted by Crippen LogP contribution is -2.07. The van der Waals surface area contributed by atoms with Crippen LogP contribution in [0.1, 0.15) is 26.5 Å². The lowest BCUT2D eigenvalue weighted by Gasteiger charge is -2.08. The van der Waals surface area contributed by atoms with Gasteiger partial charge in [0.05, 0.1) is 26.0 Å². The molecule has 3 aromatic rings. The van der Waals surface area contributed by atoms with Crippen molar-refractivity contribution in [2.75, 3.05) is 14.2 Å². The van der Waals surface area contributed by atoms with E-state index in [0.717, 1.165) is 0 Å². The van der Waals surface area contributed by atoms with E-state index in [0.29, 0.717) is 28.4 Å². The first-order chi connectivity index (χ1) is 14.1. The van der Waals surface area contributed by atoms with Gasteiger partial charge in [-0.05, 0) is 48.5 Å². The number of carbonyl (C=O) groups is 2. The standard InChI is InChI=1S/C22H16O7/c1-25-14-6-8-17(26-2)13(10-14)11-20-21(23)16-7-5-15(12-19(16)29-20)28-22(24)18-4-3-9-27-18/h3-12H,1-2H3/b20-11-. The first-order valence-corrected chi connectivity index (χ1v) is 8.65. The van der Waals surface area contributed by atoms with Crippen LogP contribution in [0.4, 0.5) is 0 Å². The van der Waals surface area contributed by atoms with Gasteiger partial charge in [0.2, 0.25) is 11.5 Å². The second-order valence-corrected chi connectivity index (χ2v) is 6.07. The van der Waals surface area contributed by atoms with E-state index in [9.17, 15) is 9.59 Å². The molecule has 0 saturated heterocycles. The van der Waals surface area contributed by atoms with Gasteiger partial charge in [0, 0.05) is 11.6 Å². The Morgan fingerprint density at radius 2 is 1.83 bits per heavy atom. The molecule has 7 heteroatoms. The van der Waals surface area contributed by atoms with Gasteiger partial charge in [-0.1, -0.05) is 0 Å². The molecule has 29 heavy (non-hydrogen) atoms. The highest BCUT2D eigenvalue weighted by molar-refractivity contribution is 6.14. The zero-order valence-electron chi connectivity index (χ0n) is 15.6. The molecule has 0 aliphatic carbocycles. The Bertz CT molecular complexity index is 1110. The quantitative estimate of drug-likeness (QED) is 0.367. The number of esters is 1. The lowest BCUT2D eigenvalue weighted by molar-refractivity contribution is 0.0701. The summed E-state index contributed by atoms with van der Waals surface area (Å²) in [5.74, 6) is 0.997. The molecule has 0 fully saturated rings. The van der Waals surface area contributed by atoms with Crippen LogP contribution < -0.4 is 18.9 Å². The monoisotopic (exact) mass is 392 g/mol. The van der Waals surface area contributed by atoms with E-state index >= 15 is 0 Å². The predicted octanol–water partition coefficient (Wildman–Crippen LogP) is 4.13. The number of Topliss-reactive ketones (excluding diaryl/α,β-unsaturated/α-hetero) is 1. The molecule has 2 heterocycles. The summed E-state index contributed by atoms with van der Waals surface area (Å²) in [5.41, 5.74) is 1.00. The number of ether oxygens (including phenoxy) is 4. The summed E-state index contributed by atoms with van der Waals surface area (Å²) in [4.78, 5) is 24.7. The molecular weight excluding hydrogens is 376 g/mol. The number of hydrogen-bond donors (Lipinski definition) is 0. The molecule has 0 radical (unpaired) electrons. The number of benzene rings is 2. The lowest BCUT2D eigenvalue weighted by atomic mass is 10.1. The summed E-state index contributed by atoms with van der Waals surface area (Å²) >= 11 is 0. The fourth-order valence-corrected chi connectivity index (χ4v) is 2.88. The number of hydrogen-bond acceptors (Lipinski definition) is 7. The van der Waals surface area contributed by atoms with Crippen LogP contribution in [0, 0.1) is 0 Å². The van der Waals surface area contributed by atoms with Crippen molar-refractivity contribution in [2.45, 2.75) is 0 Å². The largest absolute Gasteiger partial charge is 0.497 e. The van der Waals surface area contributed by atoms with E-state index in [1.165, 1.54) is 31.6 Å². The third-order valence-corrected chi connectivity index (χ3v) is 4.30. The highest BCUT2D eigenvalue weighted by Crippen LogP contribution is 2.36. The molecule has 0 bridgehead atoms. The van der Waals surface area contributed by atoms with Gasteiger partial charge in [0.1, 0.15) is 23.0 Å². The molecule has 1 aliphatic heterocycles. The molecule has 0 saturated carbocycles. The Morgan fingerprint density at radius 1 is 1.00 bits per heavy atom. The Hall–Kier alpha value is -4.00. The Labute approximate surface area is 166 Å². The Balaban J connectivity index is 1.60. The van der Waals surface area contributed by atoms with E-state index in [4.69, 9.17) is 23.4 Å². The molecule has 1 aliphatic rings. The molecule has 0 spiro atoms. The number of ketones is 1. The summed E-state index contributed by atoms with van der Waals surface area (Å²) in [6.45, 7) is 0. The van der Waals surface area contributed by atoms with E-state index < -0.39 is 5.97 Å². The molecule has 2 aromatic carbocycles. The molecular formula is C22H16O7.